The van der Waals surface area contributed by atoms with Crippen molar-refractivity contribution in [1.29, 1.82) is 0 Å². The van der Waals surface area contributed by atoms with Gasteiger partial charge in [0.25, 0.3) is 0 Å². The highest BCUT2D eigenvalue weighted by atomic mass is 16.7. The molecule has 0 aromatic heterocycles. The fourth-order valence-electron chi connectivity index (χ4n) is 6.93. The van der Waals surface area contributed by atoms with E-state index in [0.717, 1.165) is 34.8 Å². The molecule has 2 aromatic rings. The van der Waals surface area contributed by atoms with E-state index in [4.69, 9.17) is 14.2 Å². The highest BCUT2D eigenvalue weighted by Crippen LogP contribution is 2.62. The van der Waals surface area contributed by atoms with Crippen molar-refractivity contribution in [3.8, 4) is 22.6 Å². The summed E-state index contributed by atoms with van der Waals surface area (Å²) < 4.78 is 17.0. The van der Waals surface area contributed by atoms with Crippen LogP contribution in [-0.4, -0.2) is 21.0 Å². The minimum atomic E-state index is 0.258. The SMILES string of the molecule is COCOc1ccccc1-c1cc(C23CC4CC(CC(C4)C2)C3)c(OC)cc1C. The Kier molecular flexibility index (Phi) is 4.82. The molecule has 29 heavy (non-hydrogen) atoms. The van der Waals surface area contributed by atoms with Gasteiger partial charge >= 0.3 is 0 Å². The third kappa shape index (κ3) is 3.24. The molecule has 0 N–H and O–H groups in total. The van der Waals surface area contributed by atoms with Gasteiger partial charge in [0.2, 0.25) is 0 Å². The van der Waals surface area contributed by atoms with Crippen molar-refractivity contribution in [2.45, 2.75) is 50.9 Å². The zero-order valence-corrected chi connectivity index (χ0v) is 17.9. The van der Waals surface area contributed by atoms with Crippen LogP contribution in [0.3, 0.4) is 0 Å². The molecule has 0 aliphatic heterocycles. The van der Waals surface area contributed by atoms with Gasteiger partial charge in [-0.25, -0.2) is 0 Å². The molecule has 6 rings (SSSR count). The Morgan fingerprint density at radius 2 is 1.52 bits per heavy atom. The van der Waals surface area contributed by atoms with Gasteiger partial charge in [-0.05, 0) is 97.9 Å². The average Bonchev–Trinajstić information content (AvgIpc) is 2.71. The van der Waals surface area contributed by atoms with Crippen molar-refractivity contribution in [2.24, 2.45) is 17.8 Å². The van der Waals surface area contributed by atoms with Crippen LogP contribution in [0, 0.1) is 24.7 Å². The summed E-state index contributed by atoms with van der Waals surface area (Å²) in [7, 11) is 3.49. The molecule has 3 heteroatoms. The van der Waals surface area contributed by atoms with E-state index in [9.17, 15) is 0 Å². The second kappa shape index (κ2) is 7.36. The predicted molar refractivity (Wildman–Crippen MR) is 116 cm³/mol. The zero-order valence-electron chi connectivity index (χ0n) is 17.9. The average molecular weight is 393 g/mol. The first-order valence-corrected chi connectivity index (χ1v) is 11.0. The van der Waals surface area contributed by atoms with E-state index in [2.05, 4.69) is 31.2 Å². The standard InChI is InChI=1S/C26H32O3/c1-17-8-25(28-3)23(26-13-18-9-19(14-26)11-20(10-18)15-26)12-22(17)21-6-4-5-7-24(21)29-16-27-2/h4-8,12,18-20H,9-11,13-16H2,1-3H3. The molecular weight excluding hydrogens is 360 g/mol. The van der Waals surface area contributed by atoms with Gasteiger partial charge < -0.3 is 14.2 Å². The van der Waals surface area contributed by atoms with Gasteiger partial charge in [0, 0.05) is 18.2 Å². The smallest absolute Gasteiger partial charge is 0.188 e. The highest BCUT2D eigenvalue weighted by Gasteiger charge is 2.52. The fourth-order valence-corrected chi connectivity index (χ4v) is 6.93. The Labute approximate surface area is 174 Å². The van der Waals surface area contributed by atoms with E-state index < -0.39 is 0 Å². The monoisotopic (exact) mass is 392 g/mol. The van der Waals surface area contributed by atoms with Crippen LogP contribution in [0.25, 0.3) is 11.1 Å². The lowest BCUT2D eigenvalue weighted by Gasteiger charge is -2.57. The second-order valence-electron chi connectivity index (χ2n) is 9.61. The normalized spacial score (nSPS) is 29.8. The number of ether oxygens (including phenoxy) is 3. The number of para-hydroxylation sites is 1. The van der Waals surface area contributed by atoms with Crippen molar-refractivity contribution in [3.05, 3.63) is 47.5 Å². The Morgan fingerprint density at radius 1 is 0.862 bits per heavy atom. The van der Waals surface area contributed by atoms with Crippen LogP contribution in [0.2, 0.25) is 0 Å². The first-order chi connectivity index (χ1) is 14.1. The molecule has 0 unspecified atom stereocenters. The van der Waals surface area contributed by atoms with Crippen LogP contribution in [0.15, 0.2) is 36.4 Å². The highest BCUT2D eigenvalue weighted by molar-refractivity contribution is 5.75. The van der Waals surface area contributed by atoms with E-state index in [1.807, 2.05) is 19.2 Å². The van der Waals surface area contributed by atoms with Crippen LogP contribution < -0.4 is 9.47 Å². The van der Waals surface area contributed by atoms with Crippen LogP contribution in [0.4, 0.5) is 0 Å². The summed E-state index contributed by atoms with van der Waals surface area (Å²) in [6.07, 6.45) is 8.36. The molecule has 0 radical (unpaired) electrons. The molecule has 3 nitrogen and oxygen atoms in total. The fraction of sp³-hybridized carbons (Fsp3) is 0.538. The molecule has 0 heterocycles. The van der Waals surface area contributed by atoms with Crippen LogP contribution in [-0.2, 0) is 10.2 Å². The molecule has 4 aliphatic rings. The Hall–Kier alpha value is -2.00. The van der Waals surface area contributed by atoms with E-state index in [1.165, 1.54) is 55.2 Å². The van der Waals surface area contributed by atoms with Gasteiger partial charge in [0.1, 0.15) is 11.5 Å². The summed E-state index contributed by atoms with van der Waals surface area (Å²) >= 11 is 0. The van der Waals surface area contributed by atoms with E-state index in [-0.39, 0.29) is 6.79 Å². The summed E-state index contributed by atoms with van der Waals surface area (Å²) in [5.74, 6) is 4.68. The number of hydrogen-bond donors (Lipinski definition) is 0. The summed E-state index contributed by atoms with van der Waals surface area (Å²) in [4.78, 5) is 0. The molecule has 154 valence electrons. The topological polar surface area (TPSA) is 27.7 Å². The van der Waals surface area contributed by atoms with Crippen LogP contribution in [0.5, 0.6) is 11.5 Å². The van der Waals surface area contributed by atoms with Crippen molar-refractivity contribution < 1.29 is 14.2 Å². The third-order valence-electron chi connectivity index (χ3n) is 7.67. The number of rotatable bonds is 6. The van der Waals surface area contributed by atoms with Crippen molar-refractivity contribution in [2.75, 3.05) is 21.0 Å². The maximum atomic E-state index is 5.95. The molecule has 4 aliphatic carbocycles. The molecule has 2 aromatic carbocycles. The van der Waals surface area contributed by atoms with Crippen molar-refractivity contribution >= 4 is 0 Å². The number of benzene rings is 2. The first kappa shape index (κ1) is 19.0. The van der Waals surface area contributed by atoms with E-state index >= 15 is 0 Å². The lowest BCUT2D eigenvalue weighted by molar-refractivity contribution is -0.00614. The zero-order chi connectivity index (χ0) is 20.0. The van der Waals surface area contributed by atoms with E-state index in [0.29, 0.717) is 5.41 Å². The maximum absolute atomic E-state index is 5.95. The third-order valence-corrected chi connectivity index (χ3v) is 7.67. The lowest BCUT2D eigenvalue weighted by atomic mass is 9.48. The Bertz CT molecular complexity index is 866. The quantitative estimate of drug-likeness (QED) is 0.554. The van der Waals surface area contributed by atoms with Gasteiger partial charge in [-0.15, -0.1) is 0 Å². The molecule has 0 atom stereocenters. The molecule has 4 bridgehead atoms. The summed E-state index contributed by atoms with van der Waals surface area (Å²) in [5, 5.41) is 0. The molecule has 0 spiro atoms. The van der Waals surface area contributed by atoms with Gasteiger partial charge in [-0.2, -0.15) is 0 Å². The van der Waals surface area contributed by atoms with Gasteiger partial charge in [0.15, 0.2) is 6.79 Å². The molecular formula is C26H32O3. The van der Waals surface area contributed by atoms with Crippen molar-refractivity contribution in [3.63, 3.8) is 0 Å². The summed E-state index contributed by atoms with van der Waals surface area (Å²) in [5.41, 5.74) is 5.34. The second-order valence-corrected chi connectivity index (χ2v) is 9.61. The molecule has 0 saturated heterocycles. The van der Waals surface area contributed by atoms with Gasteiger partial charge in [0.05, 0.1) is 7.11 Å². The first-order valence-electron chi connectivity index (χ1n) is 11.0. The van der Waals surface area contributed by atoms with Crippen LogP contribution >= 0.6 is 0 Å². The van der Waals surface area contributed by atoms with Gasteiger partial charge in [-0.1, -0.05) is 18.2 Å². The number of aryl methyl sites for hydroxylation is 1. The minimum Gasteiger partial charge on any atom is -0.496 e. The Morgan fingerprint density at radius 3 is 2.14 bits per heavy atom. The van der Waals surface area contributed by atoms with E-state index in [1.54, 1.807) is 7.11 Å². The maximum Gasteiger partial charge on any atom is 0.188 e. The van der Waals surface area contributed by atoms with Gasteiger partial charge in [-0.3, -0.25) is 0 Å². The summed E-state index contributed by atoms with van der Waals surface area (Å²) in [6.45, 7) is 2.43. The van der Waals surface area contributed by atoms with Crippen molar-refractivity contribution in [1.82, 2.24) is 0 Å². The number of methoxy groups -OCH3 is 2. The molecule has 0 amide bonds. The minimum absolute atomic E-state index is 0.258. The number of hydrogen-bond acceptors (Lipinski definition) is 3. The Balaban J connectivity index is 1.62. The lowest BCUT2D eigenvalue weighted by Crippen LogP contribution is -2.48. The molecule has 4 fully saturated rings. The summed E-state index contributed by atoms with van der Waals surface area (Å²) in [6, 6.07) is 13.0. The van der Waals surface area contributed by atoms with Crippen LogP contribution in [0.1, 0.15) is 49.7 Å². The largest absolute Gasteiger partial charge is 0.496 e. The molecule has 4 saturated carbocycles. The predicted octanol–water partition coefficient (Wildman–Crippen LogP) is 6.12.